The number of hydrogen-bond donors (Lipinski definition) is 0. The minimum absolute atomic E-state index is 0.0378. The molecular formula is C58H96NO8P. The molecule has 10 heteroatoms. The number of phosphoric acid groups is 1. The number of esters is 2. The number of phosphoric ester groups is 1. The lowest BCUT2D eigenvalue weighted by Crippen LogP contribution is -2.37. The van der Waals surface area contributed by atoms with Crippen molar-refractivity contribution < 1.29 is 42.1 Å². The van der Waals surface area contributed by atoms with Gasteiger partial charge < -0.3 is 27.9 Å². The van der Waals surface area contributed by atoms with E-state index in [-0.39, 0.29) is 26.1 Å². The first-order valence-electron chi connectivity index (χ1n) is 26.2. The molecule has 0 rings (SSSR count). The Balaban J connectivity index is 4.00. The molecule has 0 saturated heterocycles. The van der Waals surface area contributed by atoms with Gasteiger partial charge in [-0.3, -0.25) is 14.2 Å². The monoisotopic (exact) mass is 966 g/mol. The van der Waals surface area contributed by atoms with Gasteiger partial charge >= 0.3 is 11.9 Å². The maximum Gasteiger partial charge on any atom is 0.306 e. The fourth-order valence-corrected chi connectivity index (χ4v) is 7.17. The third-order valence-corrected chi connectivity index (χ3v) is 11.5. The Bertz CT molecular complexity index is 1560. The number of nitrogens with zero attached hydrogens (tertiary/aromatic N) is 1. The van der Waals surface area contributed by atoms with Gasteiger partial charge in [0.2, 0.25) is 0 Å². The molecular weight excluding hydrogens is 870 g/mol. The van der Waals surface area contributed by atoms with E-state index in [2.05, 4.69) is 135 Å². The van der Waals surface area contributed by atoms with Crippen LogP contribution in [0.4, 0.5) is 0 Å². The number of rotatable bonds is 46. The molecule has 0 aromatic carbocycles. The van der Waals surface area contributed by atoms with Crippen molar-refractivity contribution in [3.05, 3.63) is 122 Å². The molecule has 0 spiro atoms. The number of unbranched alkanes of at least 4 members (excludes halogenated alkanes) is 12. The second-order valence-electron chi connectivity index (χ2n) is 18.2. The van der Waals surface area contributed by atoms with Gasteiger partial charge in [-0.25, -0.2) is 0 Å². The molecule has 68 heavy (non-hydrogen) atoms. The summed E-state index contributed by atoms with van der Waals surface area (Å²) in [6, 6.07) is 0. The summed E-state index contributed by atoms with van der Waals surface area (Å²) in [5.74, 6) is -0.868. The van der Waals surface area contributed by atoms with Crippen LogP contribution in [0.5, 0.6) is 0 Å². The Morgan fingerprint density at radius 1 is 0.471 bits per heavy atom. The van der Waals surface area contributed by atoms with Crippen LogP contribution in [-0.2, 0) is 32.7 Å². The van der Waals surface area contributed by atoms with Crippen molar-refractivity contribution in [1.29, 1.82) is 0 Å². The van der Waals surface area contributed by atoms with Crippen LogP contribution in [0.1, 0.15) is 181 Å². The molecule has 0 radical (unpaired) electrons. The van der Waals surface area contributed by atoms with Gasteiger partial charge in [0.05, 0.1) is 27.7 Å². The van der Waals surface area contributed by atoms with Crippen molar-refractivity contribution >= 4 is 19.8 Å². The zero-order chi connectivity index (χ0) is 49.9. The Kier molecular flexibility index (Phi) is 45.9. The maximum absolute atomic E-state index is 12.6. The zero-order valence-corrected chi connectivity index (χ0v) is 44.4. The molecule has 0 aliphatic carbocycles. The van der Waals surface area contributed by atoms with E-state index in [1.165, 1.54) is 25.7 Å². The minimum Gasteiger partial charge on any atom is -0.756 e. The van der Waals surface area contributed by atoms with Crippen LogP contribution in [0, 0.1) is 0 Å². The summed E-state index contributed by atoms with van der Waals surface area (Å²) in [5.41, 5.74) is 0. The molecule has 0 fully saturated rings. The van der Waals surface area contributed by atoms with Crippen molar-refractivity contribution in [1.82, 2.24) is 0 Å². The molecule has 0 aliphatic rings. The quantitative estimate of drug-likeness (QED) is 0.0195. The molecule has 0 aromatic rings. The molecule has 0 N–H and O–H groups in total. The highest BCUT2D eigenvalue weighted by atomic mass is 31.2. The minimum atomic E-state index is -4.62. The molecule has 2 unspecified atom stereocenters. The third kappa shape index (κ3) is 51.8. The molecule has 0 amide bonds. The third-order valence-electron chi connectivity index (χ3n) is 10.5. The summed E-state index contributed by atoms with van der Waals surface area (Å²) in [5, 5.41) is 0. The SMILES string of the molecule is CC/C=C\C/C=C\C/C=C\C/C=C\C/C=C\C/C=C\C/C=C\C/C=C\C/C=C\C/C=C\CCCCCCCCCCC(=O)OC(COC(=O)CCCCCCC)COP(=O)([O-])OCC[N+](C)(C)C. The van der Waals surface area contributed by atoms with Gasteiger partial charge in [0.25, 0.3) is 7.82 Å². The van der Waals surface area contributed by atoms with Crippen LogP contribution >= 0.6 is 7.82 Å². The summed E-state index contributed by atoms with van der Waals surface area (Å²) < 4.78 is 33.7. The van der Waals surface area contributed by atoms with Crippen molar-refractivity contribution in [2.75, 3.05) is 47.5 Å². The van der Waals surface area contributed by atoms with Crippen molar-refractivity contribution in [3.63, 3.8) is 0 Å². The average molecular weight is 966 g/mol. The fraction of sp³-hybridized carbons (Fsp3) is 0.621. The lowest BCUT2D eigenvalue weighted by Gasteiger charge is -2.28. The topological polar surface area (TPSA) is 111 Å². The second-order valence-corrected chi connectivity index (χ2v) is 19.6. The van der Waals surface area contributed by atoms with Crippen molar-refractivity contribution in [2.24, 2.45) is 0 Å². The highest BCUT2D eigenvalue weighted by Gasteiger charge is 2.21. The van der Waals surface area contributed by atoms with Crippen LogP contribution in [0.25, 0.3) is 0 Å². The largest absolute Gasteiger partial charge is 0.756 e. The van der Waals surface area contributed by atoms with E-state index in [4.69, 9.17) is 18.5 Å². The normalized spacial score (nSPS) is 14.4. The number of allylic oxidation sites excluding steroid dienone is 20. The number of ether oxygens (including phenoxy) is 2. The summed E-state index contributed by atoms with van der Waals surface area (Å²) in [7, 11) is 1.14. The first kappa shape index (κ1) is 64.4. The number of quaternary nitrogens is 1. The van der Waals surface area contributed by atoms with Gasteiger partial charge in [0.15, 0.2) is 6.10 Å². The second kappa shape index (κ2) is 48.4. The smallest absolute Gasteiger partial charge is 0.306 e. The summed E-state index contributed by atoms with van der Waals surface area (Å²) in [6.07, 6.45) is 68.8. The number of likely N-dealkylation sites (N-methyl/N-ethyl adjacent to an activating group) is 1. The Morgan fingerprint density at radius 3 is 1.25 bits per heavy atom. The molecule has 0 bridgehead atoms. The zero-order valence-electron chi connectivity index (χ0n) is 43.5. The molecule has 0 saturated carbocycles. The summed E-state index contributed by atoms with van der Waals surface area (Å²) >= 11 is 0. The van der Waals surface area contributed by atoms with Crippen LogP contribution in [0.2, 0.25) is 0 Å². The Morgan fingerprint density at radius 2 is 0.838 bits per heavy atom. The van der Waals surface area contributed by atoms with Crippen LogP contribution in [-0.4, -0.2) is 70.0 Å². The number of hydrogen-bond acceptors (Lipinski definition) is 8. The fourth-order valence-electron chi connectivity index (χ4n) is 6.45. The molecule has 0 aromatic heterocycles. The molecule has 2 atom stereocenters. The van der Waals surface area contributed by atoms with Gasteiger partial charge in [-0.1, -0.05) is 200 Å². The standard InChI is InChI=1S/C58H96NO8P/c1-6-8-10-12-13-14-15-16-17-18-19-20-21-22-23-24-25-26-27-28-29-30-31-32-33-34-35-36-37-38-39-40-41-42-43-44-45-47-49-51-58(61)67-56(54-64-57(60)50-48-46-11-9-7-2)55-66-68(62,63)65-53-52-59(3,4)5/h8,10,13-14,16-17,19-20,22-23,25-26,28-29,31-32,34-35,37-38,56H,6-7,9,11-12,15,18,21,24,27,30,33,36,39-55H2,1-5H3/b10-8-,14-13-,17-16-,20-19-,23-22-,26-25-,29-28-,32-31-,35-34-,38-37-. The first-order valence-corrected chi connectivity index (χ1v) is 27.7. The molecule has 386 valence electrons. The molecule has 9 nitrogen and oxygen atoms in total. The van der Waals surface area contributed by atoms with E-state index in [0.717, 1.165) is 122 Å². The van der Waals surface area contributed by atoms with Crippen LogP contribution < -0.4 is 4.89 Å². The van der Waals surface area contributed by atoms with E-state index in [1.54, 1.807) is 0 Å². The lowest BCUT2D eigenvalue weighted by molar-refractivity contribution is -0.870. The molecule has 0 heterocycles. The molecule has 0 aliphatic heterocycles. The Labute approximate surface area is 416 Å². The predicted molar refractivity (Wildman–Crippen MR) is 286 cm³/mol. The summed E-state index contributed by atoms with van der Waals surface area (Å²) in [6.45, 7) is 3.98. The van der Waals surface area contributed by atoms with Crippen molar-refractivity contribution in [3.8, 4) is 0 Å². The lowest BCUT2D eigenvalue weighted by atomic mass is 10.1. The van der Waals surface area contributed by atoms with E-state index >= 15 is 0 Å². The number of carbonyl (C=O) groups excluding carboxylic acids is 2. The van der Waals surface area contributed by atoms with Crippen LogP contribution in [0.15, 0.2) is 122 Å². The van der Waals surface area contributed by atoms with E-state index in [9.17, 15) is 19.0 Å². The maximum atomic E-state index is 12.6. The number of carbonyl (C=O) groups is 2. The van der Waals surface area contributed by atoms with Gasteiger partial charge in [-0.05, 0) is 89.9 Å². The van der Waals surface area contributed by atoms with Crippen molar-refractivity contribution in [2.45, 2.75) is 187 Å². The van der Waals surface area contributed by atoms with E-state index < -0.39 is 32.5 Å². The highest BCUT2D eigenvalue weighted by molar-refractivity contribution is 7.45. The van der Waals surface area contributed by atoms with Gasteiger partial charge in [-0.2, -0.15) is 0 Å². The summed E-state index contributed by atoms with van der Waals surface area (Å²) in [4.78, 5) is 37.3. The van der Waals surface area contributed by atoms with Gasteiger partial charge in [0.1, 0.15) is 19.8 Å². The average Bonchev–Trinajstić information content (AvgIpc) is 3.30. The highest BCUT2D eigenvalue weighted by Crippen LogP contribution is 2.38. The Hall–Kier alpha value is -3.59. The van der Waals surface area contributed by atoms with Gasteiger partial charge in [0, 0.05) is 12.8 Å². The van der Waals surface area contributed by atoms with Gasteiger partial charge in [-0.15, -0.1) is 0 Å². The first-order chi connectivity index (χ1) is 33.0. The van der Waals surface area contributed by atoms with Crippen LogP contribution in [0.3, 0.4) is 0 Å². The van der Waals surface area contributed by atoms with E-state index in [0.29, 0.717) is 17.4 Å². The van der Waals surface area contributed by atoms with E-state index in [1.807, 2.05) is 21.1 Å². The predicted octanol–water partition coefficient (Wildman–Crippen LogP) is 15.4.